The first-order valence-corrected chi connectivity index (χ1v) is 7.50. The van der Waals surface area contributed by atoms with Gasteiger partial charge in [0.05, 0.1) is 5.92 Å². The molecule has 0 unspecified atom stereocenters. The van der Waals surface area contributed by atoms with Crippen molar-refractivity contribution in [2.45, 2.75) is 12.3 Å². The molecule has 1 fully saturated rings. The lowest BCUT2D eigenvalue weighted by atomic mass is 10.1. The molecule has 0 saturated carbocycles. The maximum absolute atomic E-state index is 13.0. The lowest BCUT2D eigenvalue weighted by Crippen LogP contribution is -2.24. The quantitative estimate of drug-likeness (QED) is 0.741. The molecule has 0 radical (unpaired) electrons. The van der Waals surface area contributed by atoms with Gasteiger partial charge >= 0.3 is 0 Å². The number of rotatable bonds is 3. The minimum atomic E-state index is -0.333. The van der Waals surface area contributed by atoms with Gasteiger partial charge in [-0.15, -0.1) is 0 Å². The molecule has 1 aliphatic heterocycles. The second-order valence-electron chi connectivity index (χ2n) is 5.57. The summed E-state index contributed by atoms with van der Waals surface area (Å²) < 4.78 is 18.4. The van der Waals surface area contributed by atoms with Gasteiger partial charge in [0, 0.05) is 36.6 Å². The Kier molecular flexibility index (Phi) is 3.53. The molecule has 0 bridgehead atoms. The molecule has 0 spiro atoms. The minimum Gasteiger partial charge on any atom is -0.339 e. The Morgan fingerprint density at radius 1 is 1.12 bits per heavy atom. The van der Waals surface area contributed by atoms with Gasteiger partial charge in [-0.2, -0.15) is 4.98 Å². The molecular weight excluding hydrogens is 311 g/mol. The number of hydrogen-bond acceptors (Lipinski definition) is 5. The molecular formula is C17H13FN4O2. The highest BCUT2D eigenvalue weighted by Gasteiger charge is 2.35. The summed E-state index contributed by atoms with van der Waals surface area (Å²) in [6, 6.07) is 9.44. The Labute approximate surface area is 136 Å². The summed E-state index contributed by atoms with van der Waals surface area (Å²) in [4.78, 5) is 22.2. The largest absolute Gasteiger partial charge is 0.339 e. The number of pyridine rings is 1. The molecule has 120 valence electrons. The number of amides is 1. The molecule has 1 aromatic carbocycles. The smallest absolute Gasteiger partial charge is 0.232 e. The molecule has 1 amide bonds. The van der Waals surface area contributed by atoms with Crippen molar-refractivity contribution in [2.24, 2.45) is 0 Å². The molecule has 1 atom stereocenters. The van der Waals surface area contributed by atoms with Crippen molar-refractivity contribution < 1.29 is 13.7 Å². The highest BCUT2D eigenvalue weighted by molar-refractivity contribution is 5.96. The first-order chi connectivity index (χ1) is 11.7. The minimum absolute atomic E-state index is 0.0460. The van der Waals surface area contributed by atoms with E-state index in [0.717, 1.165) is 5.56 Å². The first-order valence-electron chi connectivity index (χ1n) is 7.50. The highest BCUT2D eigenvalue weighted by atomic mass is 19.1. The molecule has 1 aliphatic rings. The van der Waals surface area contributed by atoms with Crippen molar-refractivity contribution in [3.05, 3.63) is 60.5 Å². The zero-order valence-electron chi connectivity index (χ0n) is 12.6. The van der Waals surface area contributed by atoms with Crippen LogP contribution >= 0.6 is 0 Å². The Hall–Kier alpha value is -3.09. The van der Waals surface area contributed by atoms with Crippen molar-refractivity contribution in [1.82, 2.24) is 15.1 Å². The second kappa shape index (κ2) is 5.84. The maximum atomic E-state index is 13.0. The van der Waals surface area contributed by atoms with E-state index in [2.05, 4.69) is 15.1 Å². The maximum Gasteiger partial charge on any atom is 0.232 e. The summed E-state index contributed by atoms with van der Waals surface area (Å²) >= 11 is 0. The molecule has 1 saturated heterocycles. The highest BCUT2D eigenvalue weighted by Crippen LogP contribution is 2.31. The second-order valence-corrected chi connectivity index (χ2v) is 5.57. The van der Waals surface area contributed by atoms with Crippen LogP contribution in [0.15, 0.2) is 53.3 Å². The molecule has 4 rings (SSSR count). The van der Waals surface area contributed by atoms with E-state index in [9.17, 15) is 9.18 Å². The number of hydrogen-bond donors (Lipinski definition) is 0. The van der Waals surface area contributed by atoms with Crippen LogP contribution in [0.25, 0.3) is 11.4 Å². The predicted molar refractivity (Wildman–Crippen MR) is 83.6 cm³/mol. The fourth-order valence-electron chi connectivity index (χ4n) is 2.76. The van der Waals surface area contributed by atoms with Gasteiger partial charge < -0.3 is 9.42 Å². The number of aromatic nitrogens is 3. The number of carbonyl (C=O) groups excluding carboxylic acids is 1. The third-order valence-corrected chi connectivity index (χ3v) is 3.99. The van der Waals surface area contributed by atoms with Gasteiger partial charge in [0.1, 0.15) is 5.82 Å². The lowest BCUT2D eigenvalue weighted by molar-refractivity contribution is -0.117. The third kappa shape index (κ3) is 2.64. The molecule has 7 heteroatoms. The van der Waals surface area contributed by atoms with Crippen molar-refractivity contribution in [1.29, 1.82) is 0 Å². The van der Waals surface area contributed by atoms with E-state index in [1.807, 2.05) is 0 Å². The van der Waals surface area contributed by atoms with Crippen molar-refractivity contribution >= 4 is 11.6 Å². The predicted octanol–water partition coefficient (Wildman–Crippen LogP) is 2.79. The van der Waals surface area contributed by atoms with Gasteiger partial charge in [-0.1, -0.05) is 5.16 Å². The van der Waals surface area contributed by atoms with E-state index < -0.39 is 0 Å². The van der Waals surface area contributed by atoms with Crippen LogP contribution in [0.1, 0.15) is 18.2 Å². The van der Waals surface area contributed by atoms with Crippen LogP contribution < -0.4 is 4.90 Å². The zero-order valence-corrected chi connectivity index (χ0v) is 12.6. The van der Waals surface area contributed by atoms with Crippen molar-refractivity contribution in [3.8, 4) is 11.4 Å². The standard InChI is InChI=1S/C17H13FN4O2/c18-13-1-3-14(4-2-13)22-10-12(9-15(22)23)17-20-16(21-24-17)11-5-7-19-8-6-11/h1-8,12H,9-10H2/t12-/m0/s1. The summed E-state index contributed by atoms with van der Waals surface area (Å²) in [6.45, 7) is 0.433. The Balaban J connectivity index is 1.55. The van der Waals surface area contributed by atoms with Gasteiger partial charge in [0.2, 0.25) is 17.6 Å². The molecule has 2 aromatic heterocycles. The first kappa shape index (κ1) is 14.5. The van der Waals surface area contributed by atoms with E-state index in [0.29, 0.717) is 23.9 Å². The van der Waals surface area contributed by atoms with E-state index in [-0.39, 0.29) is 24.1 Å². The van der Waals surface area contributed by atoms with Gasteiger partial charge in [0.15, 0.2) is 0 Å². The molecule has 3 aromatic rings. The van der Waals surface area contributed by atoms with Gasteiger partial charge in [-0.3, -0.25) is 9.78 Å². The number of benzene rings is 1. The Morgan fingerprint density at radius 2 is 1.88 bits per heavy atom. The summed E-state index contributed by atoms with van der Waals surface area (Å²) in [5.41, 5.74) is 1.47. The number of carbonyl (C=O) groups is 1. The molecule has 24 heavy (non-hydrogen) atoms. The van der Waals surface area contributed by atoms with Crippen molar-refractivity contribution in [2.75, 3.05) is 11.4 Å². The topological polar surface area (TPSA) is 72.1 Å². The van der Waals surface area contributed by atoms with E-state index in [1.54, 1.807) is 41.6 Å². The van der Waals surface area contributed by atoms with Crippen molar-refractivity contribution in [3.63, 3.8) is 0 Å². The van der Waals surface area contributed by atoms with Crippen LogP contribution in [0.3, 0.4) is 0 Å². The molecule has 3 heterocycles. The van der Waals surface area contributed by atoms with Crippen LogP contribution in [0.5, 0.6) is 0 Å². The molecule has 0 aliphatic carbocycles. The van der Waals surface area contributed by atoms with Crippen LogP contribution in [-0.4, -0.2) is 27.6 Å². The number of halogens is 1. The Bertz CT molecular complexity index is 864. The summed E-state index contributed by atoms with van der Waals surface area (Å²) in [6.07, 6.45) is 3.59. The summed E-state index contributed by atoms with van der Waals surface area (Å²) in [7, 11) is 0. The summed E-state index contributed by atoms with van der Waals surface area (Å²) in [5, 5.41) is 3.97. The Morgan fingerprint density at radius 3 is 2.62 bits per heavy atom. The van der Waals surface area contributed by atoms with Gasteiger partial charge in [-0.25, -0.2) is 4.39 Å². The molecule has 0 N–H and O–H groups in total. The normalized spacial score (nSPS) is 17.5. The van der Waals surface area contributed by atoms with Crippen LogP contribution in [0, 0.1) is 5.82 Å². The summed E-state index contributed by atoms with van der Waals surface area (Å²) in [5.74, 6) is 0.349. The van der Waals surface area contributed by atoms with Crippen LogP contribution in [0.4, 0.5) is 10.1 Å². The number of nitrogens with zero attached hydrogens (tertiary/aromatic N) is 4. The van der Waals surface area contributed by atoms with Gasteiger partial charge in [0.25, 0.3) is 0 Å². The fraction of sp³-hybridized carbons (Fsp3) is 0.176. The number of anilines is 1. The van der Waals surface area contributed by atoms with E-state index >= 15 is 0 Å². The zero-order chi connectivity index (χ0) is 16.5. The van der Waals surface area contributed by atoms with Crippen LogP contribution in [-0.2, 0) is 4.79 Å². The fourth-order valence-corrected chi connectivity index (χ4v) is 2.76. The molecule has 6 nitrogen and oxygen atoms in total. The van der Waals surface area contributed by atoms with E-state index in [1.165, 1.54) is 12.1 Å². The SMILES string of the molecule is O=C1C[C@H](c2nc(-c3ccncc3)no2)CN1c1ccc(F)cc1. The van der Waals surface area contributed by atoms with E-state index in [4.69, 9.17) is 4.52 Å². The third-order valence-electron chi connectivity index (χ3n) is 3.99. The average molecular weight is 324 g/mol. The van der Waals surface area contributed by atoms with Crippen LogP contribution in [0.2, 0.25) is 0 Å². The van der Waals surface area contributed by atoms with Gasteiger partial charge in [-0.05, 0) is 36.4 Å². The average Bonchev–Trinajstić information content (AvgIpc) is 3.23. The lowest BCUT2D eigenvalue weighted by Gasteiger charge is -2.15. The monoisotopic (exact) mass is 324 g/mol.